The van der Waals surface area contributed by atoms with Crippen LogP contribution in [0.5, 0.6) is 5.75 Å². The van der Waals surface area contributed by atoms with Crippen molar-refractivity contribution in [2.45, 2.75) is 12.5 Å². The van der Waals surface area contributed by atoms with Crippen molar-refractivity contribution in [3.05, 3.63) is 40.9 Å². The Kier molecular flexibility index (Phi) is 5.24. The number of fused-ring (bicyclic) bond motifs is 1. The fourth-order valence-electron chi connectivity index (χ4n) is 2.32. The first kappa shape index (κ1) is 15.5. The molecule has 0 spiro atoms. The van der Waals surface area contributed by atoms with Crippen LogP contribution in [0.2, 0.25) is 0 Å². The Morgan fingerprint density at radius 1 is 1.40 bits per heavy atom. The second-order valence-corrected chi connectivity index (χ2v) is 5.69. The van der Waals surface area contributed by atoms with Crippen molar-refractivity contribution in [3.63, 3.8) is 0 Å². The van der Waals surface area contributed by atoms with Crippen molar-refractivity contribution in [2.24, 2.45) is 4.99 Å². The summed E-state index contributed by atoms with van der Waals surface area (Å²) in [6.45, 7) is 0.937. The molecular weight excluding hydrogens is 315 g/mol. The second kappa shape index (κ2) is 6.74. The molecule has 0 amide bonds. The van der Waals surface area contributed by atoms with E-state index in [0.29, 0.717) is 11.9 Å². The predicted octanol–water partition coefficient (Wildman–Crippen LogP) is 3.53. The number of thioether (sulfide) groups is 1. The van der Waals surface area contributed by atoms with Crippen LogP contribution < -0.4 is 4.74 Å². The number of aliphatic imine (C=N–C) groups is 1. The van der Waals surface area contributed by atoms with E-state index < -0.39 is 0 Å². The van der Waals surface area contributed by atoms with Gasteiger partial charge in [-0.25, -0.2) is 0 Å². The van der Waals surface area contributed by atoms with Crippen molar-refractivity contribution < 1.29 is 4.74 Å². The van der Waals surface area contributed by atoms with Crippen molar-refractivity contribution in [2.75, 3.05) is 19.5 Å². The van der Waals surface area contributed by atoms with E-state index in [1.54, 1.807) is 18.9 Å². The number of allylic oxidation sites excluding steroid dienone is 1. The van der Waals surface area contributed by atoms with Gasteiger partial charge in [0.15, 0.2) is 5.17 Å². The summed E-state index contributed by atoms with van der Waals surface area (Å²) in [6, 6.07) is 8.53. The topological polar surface area (TPSA) is 24.8 Å². The van der Waals surface area contributed by atoms with Gasteiger partial charge in [-0.15, -0.1) is 24.0 Å². The maximum absolute atomic E-state index is 5.92. The van der Waals surface area contributed by atoms with Crippen LogP contribution in [0.15, 0.2) is 40.4 Å². The lowest BCUT2D eigenvalue weighted by molar-refractivity contribution is 0.414. The highest BCUT2D eigenvalue weighted by Gasteiger charge is 2.31. The number of methoxy groups -OCH3 is 1. The van der Waals surface area contributed by atoms with Crippen molar-refractivity contribution in [3.8, 4) is 5.75 Å². The van der Waals surface area contributed by atoms with Crippen LogP contribution in [-0.2, 0) is 6.42 Å². The van der Waals surface area contributed by atoms with E-state index in [1.165, 1.54) is 11.3 Å². The van der Waals surface area contributed by atoms with Crippen LogP contribution in [0.4, 0.5) is 0 Å². The van der Waals surface area contributed by atoms with Gasteiger partial charge in [0, 0.05) is 12.2 Å². The van der Waals surface area contributed by atoms with Crippen molar-refractivity contribution in [1.82, 2.24) is 4.90 Å². The Bertz CT molecular complexity index is 530. The van der Waals surface area contributed by atoms with Gasteiger partial charge in [0.25, 0.3) is 0 Å². The average molecular weight is 331 g/mol. The molecule has 3 nitrogen and oxygen atoms in total. The fraction of sp³-hybridized carbons (Fsp3) is 0.357. The quantitative estimate of drug-likeness (QED) is 0.789. The largest absolute Gasteiger partial charge is 0.497 e. The van der Waals surface area contributed by atoms with Crippen LogP contribution in [0.3, 0.4) is 0 Å². The van der Waals surface area contributed by atoms with E-state index in [1.807, 2.05) is 12.1 Å². The van der Waals surface area contributed by atoms with Gasteiger partial charge in [0.1, 0.15) is 5.75 Å². The Labute approximate surface area is 134 Å². The van der Waals surface area contributed by atoms with E-state index in [4.69, 9.17) is 21.3 Å². The first-order chi connectivity index (χ1) is 9.30. The first-order valence-corrected chi connectivity index (χ1v) is 7.61. The molecule has 20 heavy (non-hydrogen) atoms. The van der Waals surface area contributed by atoms with E-state index in [0.717, 1.165) is 23.9 Å². The molecule has 2 heterocycles. The summed E-state index contributed by atoms with van der Waals surface area (Å²) >= 11 is 7.60. The van der Waals surface area contributed by atoms with Crippen molar-refractivity contribution >= 4 is 40.9 Å². The Balaban J connectivity index is 0.00000147. The van der Waals surface area contributed by atoms with Gasteiger partial charge >= 0.3 is 0 Å². The van der Waals surface area contributed by atoms with Gasteiger partial charge < -0.3 is 9.64 Å². The SMILES string of the molecule is COc1ccc(CC2CN3C(CCl)=CSC3=N2)cc1.Cl. The molecule has 0 aliphatic carbocycles. The number of alkyl halides is 1. The molecule has 2 aliphatic rings. The molecule has 0 saturated heterocycles. The highest BCUT2D eigenvalue weighted by Crippen LogP contribution is 2.32. The maximum Gasteiger partial charge on any atom is 0.168 e. The maximum atomic E-state index is 5.92. The Hall–Kier alpha value is -0.840. The zero-order valence-electron chi connectivity index (χ0n) is 11.1. The number of halogens is 2. The molecule has 108 valence electrons. The highest BCUT2D eigenvalue weighted by atomic mass is 35.5. The number of benzene rings is 1. The molecule has 0 fully saturated rings. The first-order valence-electron chi connectivity index (χ1n) is 6.20. The molecule has 2 aliphatic heterocycles. The molecular formula is C14H16Cl2N2OS. The molecule has 0 saturated carbocycles. The fourth-order valence-corrected chi connectivity index (χ4v) is 3.62. The zero-order valence-corrected chi connectivity index (χ0v) is 13.5. The molecule has 0 radical (unpaired) electrons. The number of nitrogens with zero attached hydrogens (tertiary/aromatic N) is 2. The van der Waals surface area contributed by atoms with Gasteiger partial charge in [0.05, 0.1) is 19.0 Å². The highest BCUT2D eigenvalue weighted by molar-refractivity contribution is 8.16. The minimum Gasteiger partial charge on any atom is -0.497 e. The molecule has 0 N–H and O–H groups in total. The lowest BCUT2D eigenvalue weighted by Gasteiger charge is -2.16. The number of rotatable bonds is 4. The summed E-state index contributed by atoms with van der Waals surface area (Å²) in [4.78, 5) is 6.98. The third-order valence-electron chi connectivity index (χ3n) is 3.33. The Morgan fingerprint density at radius 2 is 2.15 bits per heavy atom. The lowest BCUT2D eigenvalue weighted by atomic mass is 10.1. The summed E-state index contributed by atoms with van der Waals surface area (Å²) in [5.41, 5.74) is 2.46. The average Bonchev–Trinajstić information content (AvgIpc) is 2.99. The Morgan fingerprint density at radius 3 is 2.80 bits per heavy atom. The number of hydrogen-bond donors (Lipinski definition) is 0. The van der Waals surface area contributed by atoms with E-state index in [-0.39, 0.29) is 12.4 Å². The van der Waals surface area contributed by atoms with Gasteiger partial charge in [-0.05, 0) is 29.5 Å². The molecule has 1 unspecified atom stereocenters. The zero-order chi connectivity index (χ0) is 13.2. The third-order valence-corrected chi connectivity index (χ3v) is 4.53. The van der Waals surface area contributed by atoms with Gasteiger partial charge in [-0.3, -0.25) is 4.99 Å². The smallest absolute Gasteiger partial charge is 0.168 e. The summed E-state index contributed by atoms with van der Waals surface area (Å²) in [5.74, 6) is 1.45. The minimum atomic E-state index is 0. The number of amidine groups is 1. The van der Waals surface area contributed by atoms with E-state index in [9.17, 15) is 0 Å². The summed E-state index contributed by atoms with van der Waals surface area (Å²) in [5, 5.41) is 3.18. The molecule has 1 aromatic carbocycles. The number of hydrogen-bond acceptors (Lipinski definition) is 4. The van der Waals surface area contributed by atoms with Gasteiger partial charge in [-0.2, -0.15) is 0 Å². The van der Waals surface area contributed by atoms with Crippen LogP contribution >= 0.6 is 35.8 Å². The molecule has 1 atom stereocenters. The summed E-state index contributed by atoms with van der Waals surface area (Å²) in [7, 11) is 1.68. The summed E-state index contributed by atoms with van der Waals surface area (Å²) in [6.07, 6.45) is 0.958. The second-order valence-electron chi connectivity index (χ2n) is 4.59. The molecule has 1 aromatic rings. The lowest BCUT2D eigenvalue weighted by Crippen LogP contribution is -2.25. The van der Waals surface area contributed by atoms with Crippen LogP contribution in [0.25, 0.3) is 0 Å². The predicted molar refractivity (Wildman–Crippen MR) is 88.3 cm³/mol. The summed E-state index contributed by atoms with van der Waals surface area (Å²) < 4.78 is 5.17. The minimum absolute atomic E-state index is 0. The van der Waals surface area contributed by atoms with E-state index >= 15 is 0 Å². The van der Waals surface area contributed by atoms with Gasteiger partial charge in [0.2, 0.25) is 0 Å². The molecule has 0 bridgehead atoms. The van der Waals surface area contributed by atoms with Crippen LogP contribution in [0.1, 0.15) is 5.56 Å². The molecule has 3 rings (SSSR count). The monoisotopic (exact) mass is 330 g/mol. The normalized spacial score (nSPS) is 20.1. The van der Waals surface area contributed by atoms with Crippen molar-refractivity contribution in [1.29, 1.82) is 0 Å². The van der Waals surface area contributed by atoms with Crippen LogP contribution in [-0.4, -0.2) is 35.6 Å². The third kappa shape index (κ3) is 3.08. The van der Waals surface area contributed by atoms with E-state index in [2.05, 4.69) is 22.4 Å². The molecule has 0 aromatic heterocycles. The standard InChI is InChI=1S/C14H15ClN2OS.ClH/c1-18-13-4-2-10(3-5-13)6-11-8-17-12(7-15)9-19-14(17)16-11;/h2-5,9,11H,6-8H2,1H3;1H. The number of ether oxygens (including phenoxy) is 1. The van der Waals surface area contributed by atoms with Gasteiger partial charge in [-0.1, -0.05) is 23.9 Å². The molecule has 6 heteroatoms. The van der Waals surface area contributed by atoms with Crippen LogP contribution in [0, 0.1) is 0 Å².